The van der Waals surface area contributed by atoms with E-state index in [0.29, 0.717) is 6.04 Å². The SMILES string of the molecule is CCNC(Cc1ccc(C)cc1)Cc1ccn(C)n1. The van der Waals surface area contributed by atoms with Gasteiger partial charge in [0.2, 0.25) is 0 Å². The summed E-state index contributed by atoms with van der Waals surface area (Å²) in [6.45, 7) is 5.27. The van der Waals surface area contributed by atoms with Crippen LogP contribution >= 0.6 is 0 Å². The Kier molecular flexibility index (Phi) is 4.74. The predicted octanol–water partition coefficient (Wildman–Crippen LogP) is 2.49. The zero-order valence-electron chi connectivity index (χ0n) is 12.1. The van der Waals surface area contributed by atoms with Gasteiger partial charge in [0.05, 0.1) is 5.69 Å². The van der Waals surface area contributed by atoms with E-state index in [0.717, 1.165) is 25.1 Å². The van der Waals surface area contributed by atoms with Crippen molar-refractivity contribution >= 4 is 0 Å². The van der Waals surface area contributed by atoms with Crippen LogP contribution in [-0.2, 0) is 19.9 Å². The van der Waals surface area contributed by atoms with Crippen molar-refractivity contribution in [1.82, 2.24) is 15.1 Å². The first kappa shape index (κ1) is 13.8. The molecule has 2 aromatic rings. The lowest BCUT2D eigenvalue weighted by atomic mass is 10.0. The second-order valence-electron chi connectivity index (χ2n) is 5.13. The Balaban J connectivity index is 2.01. The fourth-order valence-corrected chi connectivity index (χ4v) is 2.34. The van der Waals surface area contributed by atoms with E-state index in [4.69, 9.17) is 0 Å². The smallest absolute Gasteiger partial charge is 0.0640 e. The van der Waals surface area contributed by atoms with Crippen LogP contribution in [0.3, 0.4) is 0 Å². The third kappa shape index (κ3) is 4.21. The third-order valence-electron chi connectivity index (χ3n) is 3.32. The molecule has 19 heavy (non-hydrogen) atoms. The molecule has 1 N–H and O–H groups in total. The number of aryl methyl sites for hydroxylation is 2. The number of likely N-dealkylation sites (N-methyl/N-ethyl adjacent to an activating group) is 1. The van der Waals surface area contributed by atoms with Crippen molar-refractivity contribution in [1.29, 1.82) is 0 Å². The Morgan fingerprint density at radius 1 is 1.16 bits per heavy atom. The Hall–Kier alpha value is -1.61. The lowest BCUT2D eigenvalue weighted by Crippen LogP contribution is -2.33. The topological polar surface area (TPSA) is 29.9 Å². The van der Waals surface area contributed by atoms with Crippen LogP contribution in [0.5, 0.6) is 0 Å². The average molecular weight is 257 g/mol. The summed E-state index contributed by atoms with van der Waals surface area (Å²) in [6.07, 6.45) is 4.03. The number of aromatic nitrogens is 2. The lowest BCUT2D eigenvalue weighted by molar-refractivity contribution is 0.513. The first-order chi connectivity index (χ1) is 9.17. The molecule has 0 amide bonds. The molecule has 0 fully saturated rings. The van der Waals surface area contributed by atoms with Gasteiger partial charge in [-0.05, 0) is 31.5 Å². The average Bonchev–Trinajstić information content (AvgIpc) is 2.78. The minimum atomic E-state index is 0.447. The molecule has 0 saturated carbocycles. The van der Waals surface area contributed by atoms with Gasteiger partial charge in [-0.25, -0.2) is 0 Å². The van der Waals surface area contributed by atoms with Crippen molar-refractivity contribution < 1.29 is 0 Å². The van der Waals surface area contributed by atoms with Crippen LogP contribution in [0, 0.1) is 6.92 Å². The van der Waals surface area contributed by atoms with Crippen molar-refractivity contribution in [2.45, 2.75) is 32.7 Å². The summed E-state index contributed by atoms with van der Waals surface area (Å²) in [6, 6.07) is 11.3. The second-order valence-corrected chi connectivity index (χ2v) is 5.13. The standard InChI is InChI=1S/C16H23N3/c1-4-17-16(12-15-9-10-19(3)18-15)11-14-7-5-13(2)6-8-14/h5-10,16-17H,4,11-12H2,1-3H3. The van der Waals surface area contributed by atoms with Gasteiger partial charge < -0.3 is 5.32 Å². The number of hydrogen-bond acceptors (Lipinski definition) is 2. The first-order valence-corrected chi connectivity index (χ1v) is 6.95. The maximum atomic E-state index is 4.47. The molecule has 1 atom stereocenters. The normalized spacial score (nSPS) is 12.6. The number of hydrogen-bond donors (Lipinski definition) is 1. The highest BCUT2D eigenvalue weighted by atomic mass is 15.2. The number of nitrogens with zero attached hydrogens (tertiary/aromatic N) is 2. The van der Waals surface area contributed by atoms with Crippen molar-refractivity contribution in [3.63, 3.8) is 0 Å². The Bertz CT molecular complexity index is 499. The van der Waals surface area contributed by atoms with E-state index in [1.54, 1.807) is 0 Å². The van der Waals surface area contributed by atoms with E-state index >= 15 is 0 Å². The molecule has 1 aromatic carbocycles. The van der Waals surface area contributed by atoms with Crippen LogP contribution in [0.25, 0.3) is 0 Å². The highest BCUT2D eigenvalue weighted by molar-refractivity contribution is 5.22. The highest BCUT2D eigenvalue weighted by Gasteiger charge is 2.11. The van der Waals surface area contributed by atoms with Crippen LogP contribution in [0.4, 0.5) is 0 Å². The second kappa shape index (κ2) is 6.53. The fraction of sp³-hybridized carbons (Fsp3) is 0.438. The van der Waals surface area contributed by atoms with Crippen molar-refractivity contribution in [2.75, 3.05) is 6.54 Å². The summed E-state index contributed by atoms with van der Waals surface area (Å²) in [5.74, 6) is 0. The van der Waals surface area contributed by atoms with Gasteiger partial charge in [-0.2, -0.15) is 5.10 Å². The molecule has 2 rings (SSSR count). The maximum absolute atomic E-state index is 4.47. The summed E-state index contributed by atoms with van der Waals surface area (Å²) >= 11 is 0. The van der Waals surface area contributed by atoms with E-state index in [1.165, 1.54) is 11.1 Å². The van der Waals surface area contributed by atoms with Gasteiger partial charge in [0.25, 0.3) is 0 Å². The van der Waals surface area contributed by atoms with E-state index in [9.17, 15) is 0 Å². The molecule has 0 bridgehead atoms. The van der Waals surface area contributed by atoms with Gasteiger partial charge in [-0.15, -0.1) is 0 Å². The van der Waals surface area contributed by atoms with Gasteiger partial charge in [-0.1, -0.05) is 36.8 Å². The molecule has 1 aromatic heterocycles. The van der Waals surface area contributed by atoms with Crippen LogP contribution in [0.2, 0.25) is 0 Å². The van der Waals surface area contributed by atoms with Gasteiger partial charge in [0, 0.05) is 25.7 Å². The molecule has 0 spiro atoms. The van der Waals surface area contributed by atoms with Gasteiger partial charge in [0.1, 0.15) is 0 Å². The van der Waals surface area contributed by atoms with E-state index in [1.807, 2.05) is 17.9 Å². The van der Waals surface area contributed by atoms with Crippen LogP contribution in [0.1, 0.15) is 23.7 Å². The summed E-state index contributed by atoms with van der Waals surface area (Å²) in [5.41, 5.74) is 3.85. The van der Waals surface area contributed by atoms with Gasteiger partial charge in [-0.3, -0.25) is 4.68 Å². The molecule has 3 heteroatoms. The van der Waals surface area contributed by atoms with Crippen LogP contribution in [0.15, 0.2) is 36.5 Å². The molecule has 0 aliphatic carbocycles. The minimum absolute atomic E-state index is 0.447. The fourth-order valence-electron chi connectivity index (χ4n) is 2.34. The maximum Gasteiger partial charge on any atom is 0.0640 e. The van der Waals surface area contributed by atoms with Crippen molar-refractivity contribution in [3.05, 3.63) is 53.3 Å². The van der Waals surface area contributed by atoms with Gasteiger partial charge >= 0.3 is 0 Å². The van der Waals surface area contributed by atoms with Crippen molar-refractivity contribution in [3.8, 4) is 0 Å². The number of benzene rings is 1. The molecule has 3 nitrogen and oxygen atoms in total. The van der Waals surface area contributed by atoms with Crippen LogP contribution < -0.4 is 5.32 Å². The predicted molar refractivity (Wildman–Crippen MR) is 79.3 cm³/mol. The lowest BCUT2D eigenvalue weighted by Gasteiger charge is -2.17. The number of rotatable bonds is 6. The number of nitrogens with one attached hydrogen (secondary N) is 1. The highest BCUT2D eigenvalue weighted by Crippen LogP contribution is 2.09. The van der Waals surface area contributed by atoms with Gasteiger partial charge in [0.15, 0.2) is 0 Å². The first-order valence-electron chi connectivity index (χ1n) is 6.95. The molecule has 1 unspecified atom stereocenters. The molecule has 0 radical (unpaired) electrons. The molecular weight excluding hydrogens is 234 g/mol. The zero-order chi connectivity index (χ0) is 13.7. The van der Waals surface area contributed by atoms with E-state index < -0.39 is 0 Å². The monoisotopic (exact) mass is 257 g/mol. The molecule has 0 aliphatic rings. The largest absolute Gasteiger partial charge is 0.314 e. The minimum Gasteiger partial charge on any atom is -0.314 e. The van der Waals surface area contributed by atoms with E-state index in [2.05, 4.69) is 54.6 Å². The molecule has 102 valence electrons. The van der Waals surface area contributed by atoms with Crippen LogP contribution in [-0.4, -0.2) is 22.4 Å². The molecular formula is C16H23N3. The Morgan fingerprint density at radius 3 is 2.47 bits per heavy atom. The summed E-state index contributed by atoms with van der Waals surface area (Å²) in [5, 5.41) is 8.02. The molecule has 0 aliphatic heterocycles. The summed E-state index contributed by atoms with van der Waals surface area (Å²) in [4.78, 5) is 0. The van der Waals surface area contributed by atoms with E-state index in [-0.39, 0.29) is 0 Å². The Morgan fingerprint density at radius 2 is 1.89 bits per heavy atom. The third-order valence-corrected chi connectivity index (χ3v) is 3.32. The summed E-state index contributed by atoms with van der Waals surface area (Å²) < 4.78 is 1.87. The Labute approximate surface area is 115 Å². The van der Waals surface area contributed by atoms with Crippen molar-refractivity contribution in [2.24, 2.45) is 7.05 Å². The quantitative estimate of drug-likeness (QED) is 0.861. The summed E-state index contributed by atoms with van der Waals surface area (Å²) in [7, 11) is 1.96. The molecule has 0 saturated heterocycles. The molecule has 1 heterocycles. The zero-order valence-corrected chi connectivity index (χ0v) is 12.1.